The number of hydrogen-bond donors (Lipinski definition) is 2. The predicted octanol–water partition coefficient (Wildman–Crippen LogP) is 2.73. The van der Waals surface area contributed by atoms with Crippen LogP contribution in [0.15, 0.2) is 16.3 Å². The van der Waals surface area contributed by atoms with E-state index in [2.05, 4.69) is 4.99 Å². The van der Waals surface area contributed by atoms with E-state index in [-0.39, 0.29) is 0 Å². The van der Waals surface area contributed by atoms with Crippen LogP contribution < -0.4 is 5.73 Å². The summed E-state index contributed by atoms with van der Waals surface area (Å²) in [6.07, 6.45) is -21.0. The van der Waals surface area contributed by atoms with Crippen LogP contribution in [0.3, 0.4) is 0 Å². The zero-order valence-corrected chi connectivity index (χ0v) is 12.3. The number of rotatable bonds is 1. The van der Waals surface area contributed by atoms with Crippen molar-refractivity contribution in [2.24, 2.45) is 10.7 Å². The van der Waals surface area contributed by atoms with Gasteiger partial charge in [-0.15, -0.1) is 0 Å². The lowest BCUT2D eigenvalue weighted by atomic mass is 9.91. The Hall–Kier alpha value is -1.46. The molecule has 2 aliphatic carbocycles. The lowest BCUT2D eigenvalue weighted by Crippen LogP contribution is -2.40. The van der Waals surface area contributed by atoms with Gasteiger partial charge < -0.3 is 10.8 Å². The van der Waals surface area contributed by atoms with E-state index in [9.17, 15) is 44.6 Å². The summed E-state index contributed by atoms with van der Waals surface area (Å²) in [5, 5.41) is 9.35. The fourth-order valence-corrected chi connectivity index (χ4v) is 2.77. The van der Waals surface area contributed by atoms with E-state index in [0.717, 1.165) is 0 Å². The average Bonchev–Trinajstić information content (AvgIpc) is 2.64. The van der Waals surface area contributed by atoms with Gasteiger partial charge in [0.05, 0.1) is 11.8 Å². The second kappa shape index (κ2) is 6.36. The van der Waals surface area contributed by atoms with Crippen LogP contribution in [-0.4, -0.2) is 59.7 Å². The van der Waals surface area contributed by atoms with Crippen molar-refractivity contribution >= 4 is 5.71 Å². The molecule has 0 spiro atoms. The zero-order valence-electron chi connectivity index (χ0n) is 12.3. The first-order chi connectivity index (χ1) is 11.3. The molecule has 0 radical (unpaired) electrons. The Bertz CT molecular complexity index is 577. The highest BCUT2D eigenvalue weighted by atomic mass is 19.4. The Kier molecular flexibility index (Phi) is 5.05. The van der Waals surface area contributed by atoms with Gasteiger partial charge in [0.1, 0.15) is 24.1 Å². The number of halogens is 9. The Morgan fingerprint density at radius 2 is 1.56 bits per heavy atom. The Morgan fingerprint density at radius 1 is 1.08 bits per heavy atom. The molecule has 0 aliphatic heterocycles. The number of allylic oxidation sites excluding steroid dienone is 1. The van der Waals surface area contributed by atoms with Crippen LogP contribution >= 0.6 is 0 Å². The number of nitrogens with zero attached hydrogens (tertiary/aromatic N) is 1. The van der Waals surface area contributed by atoms with Gasteiger partial charge in [0.15, 0.2) is 6.17 Å². The van der Waals surface area contributed by atoms with Crippen molar-refractivity contribution < 1.29 is 44.6 Å². The molecule has 0 aromatic rings. The van der Waals surface area contributed by atoms with Crippen LogP contribution in [0, 0.1) is 0 Å². The Labute approximate surface area is 135 Å². The van der Waals surface area contributed by atoms with Crippen molar-refractivity contribution in [2.45, 2.75) is 61.8 Å². The van der Waals surface area contributed by atoms with E-state index in [1.165, 1.54) is 0 Å². The van der Waals surface area contributed by atoms with Gasteiger partial charge in [-0.3, -0.25) is 4.99 Å². The van der Waals surface area contributed by atoms with Crippen LogP contribution in [0.4, 0.5) is 39.5 Å². The molecule has 144 valence electrons. The largest absolute Gasteiger partial charge is 0.431 e. The maximum atomic E-state index is 13.9. The molecule has 6 atom stereocenters. The van der Waals surface area contributed by atoms with Gasteiger partial charge in [-0.2, -0.15) is 22.0 Å². The van der Waals surface area contributed by atoms with Crippen LogP contribution in [-0.2, 0) is 0 Å². The Morgan fingerprint density at radius 3 is 2.00 bits per heavy atom. The number of aliphatic imine (C=N–C) groups is 1. The number of hydrogen-bond acceptors (Lipinski definition) is 3. The molecular weight excluding hydrogens is 371 g/mol. The van der Waals surface area contributed by atoms with Gasteiger partial charge in [-0.25, -0.2) is 17.6 Å². The number of nitrogens with two attached hydrogens (primary N) is 1. The standard InChI is InChI=1S/C13H13F9N2O/c14-4-1-3(2-5(15)7(4)16)24-8-6(10(23)13(20,21)22)11(25)12(18,19)9(8)17/h3-5,7,9,11,25H,1-2,23H2/t3?,4-,5+,7?,9-,11+/m1/s1. The molecule has 2 fully saturated rings. The highest BCUT2D eigenvalue weighted by Gasteiger charge is 2.62. The van der Waals surface area contributed by atoms with E-state index in [0.29, 0.717) is 0 Å². The molecule has 25 heavy (non-hydrogen) atoms. The van der Waals surface area contributed by atoms with Crippen LogP contribution in [0.25, 0.3) is 0 Å². The fraction of sp³-hybridized carbons (Fsp3) is 0.769. The molecule has 3 nitrogen and oxygen atoms in total. The summed E-state index contributed by atoms with van der Waals surface area (Å²) in [5.41, 5.74) is -0.697. The van der Waals surface area contributed by atoms with Gasteiger partial charge in [0.25, 0.3) is 0 Å². The normalized spacial score (nSPS) is 42.7. The lowest BCUT2D eigenvalue weighted by Gasteiger charge is -2.28. The molecule has 0 aromatic heterocycles. The van der Waals surface area contributed by atoms with Crippen molar-refractivity contribution in [3.05, 3.63) is 11.3 Å². The summed E-state index contributed by atoms with van der Waals surface area (Å²) >= 11 is 0. The molecule has 0 amide bonds. The van der Waals surface area contributed by atoms with E-state index in [1.807, 2.05) is 0 Å². The van der Waals surface area contributed by atoms with Gasteiger partial charge in [0, 0.05) is 18.4 Å². The zero-order chi connectivity index (χ0) is 19.3. The highest BCUT2D eigenvalue weighted by Crippen LogP contribution is 2.43. The molecule has 12 heteroatoms. The minimum atomic E-state index is -5.38. The summed E-state index contributed by atoms with van der Waals surface area (Å²) in [6, 6.07) is -1.58. The summed E-state index contributed by atoms with van der Waals surface area (Å²) in [5.74, 6) is -4.66. The van der Waals surface area contributed by atoms with Gasteiger partial charge in [-0.1, -0.05) is 0 Å². The van der Waals surface area contributed by atoms with E-state index in [1.54, 1.807) is 0 Å². The molecule has 2 unspecified atom stereocenters. The Balaban J connectivity index is 2.49. The van der Waals surface area contributed by atoms with E-state index in [4.69, 9.17) is 5.73 Å². The smallest absolute Gasteiger partial charge is 0.394 e. The first kappa shape index (κ1) is 19.9. The molecule has 0 saturated heterocycles. The lowest BCUT2D eigenvalue weighted by molar-refractivity contribution is -0.113. The SMILES string of the molecule is NC(=C1C(=NC2C[C@@H](F)C(F)[C@@H](F)C2)[C@@H](F)C(F)(F)[C@H]1O)C(F)(F)F. The topological polar surface area (TPSA) is 58.6 Å². The highest BCUT2D eigenvalue weighted by molar-refractivity contribution is 6.08. The third kappa shape index (κ3) is 3.44. The molecule has 2 rings (SSSR count). The predicted molar refractivity (Wildman–Crippen MR) is 68.3 cm³/mol. The quantitative estimate of drug-likeness (QED) is 0.684. The van der Waals surface area contributed by atoms with Crippen LogP contribution in [0.5, 0.6) is 0 Å². The van der Waals surface area contributed by atoms with Crippen molar-refractivity contribution in [1.82, 2.24) is 0 Å². The minimum Gasteiger partial charge on any atom is -0.394 e. The molecule has 2 aliphatic rings. The van der Waals surface area contributed by atoms with Crippen LogP contribution in [0.2, 0.25) is 0 Å². The second-order valence-electron chi connectivity index (χ2n) is 5.88. The molecular formula is C13H13F9N2O. The van der Waals surface area contributed by atoms with Crippen LogP contribution in [0.1, 0.15) is 12.8 Å². The minimum absolute atomic E-state index is 0.835. The molecule has 2 saturated carbocycles. The van der Waals surface area contributed by atoms with Crippen molar-refractivity contribution in [3.8, 4) is 0 Å². The van der Waals surface area contributed by atoms with E-state index < -0.39 is 78.8 Å². The molecule has 0 bridgehead atoms. The second-order valence-corrected chi connectivity index (χ2v) is 5.88. The first-order valence-electron chi connectivity index (χ1n) is 7.05. The van der Waals surface area contributed by atoms with Crippen molar-refractivity contribution in [3.63, 3.8) is 0 Å². The third-order valence-electron chi connectivity index (χ3n) is 4.09. The van der Waals surface area contributed by atoms with Crippen molar-refractivity contribution in [2.75, 3.05) is 0 Å². The summed E-state index contributed by atoms with van der Waals surface area (Å²) in [4.78, 5) is 3.23. The fourth-order valence-electron chi connectivity index (χ4n) is 2.77. The van der Waals surface area contributed by atoms with Gasteiger partial charge >= 0.3 is 12.1 Å². The van der Waals surface area contributed by atoms with Crippen molar-refractivity contribution in [1.29, 1.82) is 0 Å². The first-order valence-corrected chi connectivity index (χ1v) is 7.05. The van der Waals surface area contributed by atoms with E-state index >= 15 is 0 Å². The number of aliphatic hydroxyl groups excluding tert-OH is 1. The molecule has 3 N–H and O–H groups in total. The average molecular weight is 384 g/mol. The molecule has 0 heterocycles. The third-order valence-corrected chi connectivity index (χ3v) is 4.09. The summed E-state index contributed by atoms with van der Waals surface area (Å²) < 4.78 is 119. The number of alkyl halides is 9. The summed E-state index contributed by atoms with van der Waals surface area (Å²) in [7, 11) is 0. The monoisotopic (exact) mass is 384 g/mol. The number of aliphatic hydroxyl groups is 1. The maximum absolute atomic E-state index is 13.9. The van der Waals surface area contributed by atoms with Gasteiger partial charge in [0.2, 0.25) is 6.17 Å². The summed E-state index contributed by atoms with van der Waals surface area (Å²) in [6.45, 7) is 0. The maximum Gasteiger partial charge on any atom is 0.431 e. The molecule has 0 aromatic carbocycles. The van der Waals surface area contributed by atoms with Gasteiger partial charge in [-0.05, 0) is 0 Å².